The van der Waals surface area contributed by atoms with Gasteiger partial charge >= 0.3 is 15.5 Å². The molecule has 0 bridgehead atoms. The van der Waals surface area contributed by atoms with Gasteiger partial charge in [-0.15, -0.1) is 0 Å². The van der Waals surface area contributed by atoms with E-state index in [4.69, 9.17) is 18.1 Å². The third-order valence-electron chi connectivity index (χ3n) is 4.52. The average molecular weight is 665 g/mol. The second-order valence-electron chi connectivity index (χ2n) is 7.59. The van der Waals surface area contributed by atoms with Crippen LogP contribution in [0.25, 0.3) is 0 Å². The number of rotatable bonds is 17. The lowest BCUT2D eigenvalue weighted by Gasteiger charge is -2.15. The summed E-state index contributed by atoms with van der Waals surface area (Å²) < 4.78 is 58.0. The second kappa shape index (κ2) is 20.4. The standard InChI is InChI=1S/C26H38N2O6P2S4/c1-5-31-35(29,32-6-2)27-25(39-21-23-15-11-9-12-16-23)37-19-20-38-26(28-36(30,33-7-3)34-8-4)40-22-24-17-13-10-14-18-24/h9-18H,5-8,19-22H2,1-4H3/b27-25-,28-26-. The summed E-state index contributed by atoms with van der Waals surface area (Å²) in [6, 6.07) is 20.0. The van der Waals surface area contributed by atoms with E-state index in [-0.39, 0.29) is 26.4 Å². The van der Waals surface area contributed by atoms with E-state index in [1.54, 1.807) is 27.7 Å². The van der Waals surface area contributed by atoms with Crippen LogP contribution in [0.5, 0.6) is 0 Å². The Labute approximate surface area is 255 Å². The summed E-state index contributed by atoms with van der Waals surface area (Å²) in [5, 5.41) is 0. The van der Waals surface area contributed by atoms with E-state index >= 15 is 0 Å². The Morgan fingerprint density at radius 2 is 0.900 bits per heavy atom. The predicted molar refractivity (Wildman–Crippen MR) is 177 cm³/mol. The number of nitrogens with zero attached hydrogens (tertiary/aromatic N) is 2. The van der Waals surface area contributed by atoms with Crippen molar-refractivity contribution in [2.24, 2.45) is 9.53 Å². The molecule has 0 heterocycles. The fraction of sp³-hybridized carbons (Fsp3) is 0.462. The van der Waals surface area contributed by atoms with Gasteiger partial charge in [-0.1, -0.05) is 108 Å². The molecule has 0 N–H and O–H groups in total. The number of hydrogen-bond donors (Lipinski definition) is 0. The van der Waals surface area contributed by atoms with Gasteiger partial charge in [-0.05, 0) is 38.8 Å². The molecule has 222 valence electrons. The molecule has 0 radical (unpaired) electrons. The predicted octanol–water partition coefficient (Wildman–Crippen LogP) is 9.39. The lowest BCUT2D eigenvalue weighted by atomic mass is 10.2. The van der Waals surface area contributed by atoms with Crippen molar-refractivity contribution in [1.82, 2.24) is 0 Å². The highest BCUT2D eigenvalue weighted by molar-refractivity contribution is 8.40. The summed E-state index contributed by atoms with van der Waals surface area (Å²) >= 11 is 5.95. The van der Waals surface area contributed by atoms with E-state index in [9.17, 15) is 9.13 Å². The van der Waals surface area contributed by atoms with Crippen molar-refractivity contribution >= 4 is 71.3 Å². The van der Waals surface area contributed by atoms with Crippen LogP contribution in [0.4, 0.5) is 0 Å². The van der Waals surface area contributed by atoms with Gasteiger partial charge < -0.3 is 0 Å². The molecule has 0 spiro atoms. The summed E-state index contributed by atoms with van der Waals surface area (Å²) in [4.78, 5) is 0. The summed E-state index contributed by atoms with van der Waals surface area (Å²) in [5.74, 6) is 2.62. The molecular formula is C26H38N2O6P2S4. The van der Waals surface area contributed by atoms with Crippen LogP contribution in [0, 0.1) is 0 Å². The molecule has 2 aromatic rings. The average Bonchev–Trinajstić information content (AvgIpc) is 2.94. The fourth-order valence-corrected chi connectivity index (χ4v) is 10.6. The quantitative estimate of drug-likeness (QED) is 0.0704. The number of thioether (sulfide) groups is 4. The van der Waals surface area contributed by atoms with Crippen LogP contribution in [0.15, 0.2) is 70.2 Å². The normalized spacial score (nSPS) is 13.1. The molecule has 0 saturated carbocycles. The Morgan fingerprint density at radius 3 is 1.20 bits per heavy atom. The number of hydrogen-bond acceptors (Lipinski definition) is 10. The first-order valence-corrected chi connectivity index (χ1v) is 19.9. The SMILES string of the molecule is CCOP(=O)(/N=C(/SCCS/C(=N/P(=O)(OCC)OCC)SCc1ccccc1)SCc1ccccc1)OCC. The van der Waals surface area contributed by atoms with Crippen molar-refractivity contribution in [3.8, 4) is 0 Å². The van der Waals surface area contributed by atoms with Crippen LogP contribution in [0.1, 0.15) is 38.8 Å². The Hall–Kier alpha value is -0.520. The van der Waals surface area contributed by atoms with Gasteiger partial charge in [0.25, 0.3) is 0 Å². The van der Waals surface area contributed by atoms with Gasteiger partial charge in [0.05, 0.1) is 26.4 Å². The van der Waals surface area contributed by atoms with Crippen molar-refractivity contribution in [2.75, 3.05) is 37.9 Å². The zero-order chi connectivity index (χ0) is 29.1. The molecule has 2 aromatic carbocycles. The Kier molecular flexibility index (Phi) is 18.2. The maximum Gasteiger partial charge on any atom is 0.455 e. The molecule has 40 heavy (non-hydrogen) atoms. The van der Waals surface area contributed by atoms with Crippen molar-refractivity contribution in [3.63, 3.8) is 0 Å². The van der Waals surface area contributed by atoms with Gasteiger partial charge in [-0.2, -0.15) is 9.53 Å². The van der Waals surface area contributed by atoms with Crippen LogP contribution in [0.3, 0.4) is 0 Å². The molecule has 0 aliphatic heterocycles. The minimum atomic E-state index is -3.61. The highest BCUT2D eigenvalue weighted by Gasteiger charge is 2.25. The first-order chi connectivity index (χ1) is 19.3. The molecule has 0 aliphatic rings. The Bertz CT molecular complexity index is 1030. The van der Waals surface area contributed by atoms with E-state index in [1.807, 2.05) is 60.7 Å². The third-order valence-corrected chi connectivity index (χ3v) is 13.1. The molecule has 14 heteroatoms. The first-order valence-electron chi connectivity index (χ1n) is 12.9. The lowest BCUT2D eigenvalue weighted by Crippen LogP contribution is -2.00. The van der Waals surface area contributed by atoms with Crippen LogP contribution in [-0.2, 0) is 38.7 Å². The first kappa shape index (κ1) is 35.7. The summed E-state index contributed by atoms with van der Waals surface area (Å²) in [6.07, 6.45) is 0. The fourth-order valence-electron chi connectivity index (χ4n) is 2.94. The molecule has 0 saturated heterocycles. The van der Waals surface area contributed by atoms with Crippen molar-refractivity contribution < 1.29 is 27.2 Å². The van der Waals surface area contributed by atoms with Gasteiger partial charge in [0, 0.05) is 23.0 Å². The maximum absolute atomic E-state index is 13.1. The maximum atomic E-state index is 13.1. The summed E-state index contributed by atoms with van der Waals surface area (Å²) in [7, 11) is -7.22. The van der Waals surface area contributed by atoms with Gasteiger partial charge in [0.1, 0.15) is 8.75 Å². The lowest BCUT2D eigenvalue weighted by molar-refractivity contribution is 0.220. The molecule has 0 aliphatic carbocycles. The van der Waals surface area contributed by atoms with E-state index in [0.29, 0.717) is 31.8 Å². The summed E-state index contributed by atoms with van der Waals surface area (Å²) in [6.45, 7) is 7.98. The van der Waals surface area contributed by atoms with Crippen molar-refractivity contribution in [3.05, 3.63) is 71.8 Å². The van der Waals surface area contributed by atoms with Crippen LogP contribution in [-0.4, -0.2) is 46.7 Å². The van der Waals surface area contributed by atoms with E-state index in [1.165, 1.54) is 47.0 Å². The minimum Gasteiger partial charge on any atom is -0.291 e. The van der Waals surface area contributed by atoms with Crippen molar-refractivity contribution in [1.29, 1.82) is 0 Å². The second-order valence-corrected chi connectivity index (χ2v) is 15.5. The highest BCUT2D eigenvalue weighted by Crippen LogP contribution is 2.52. The van der Waals surface area contributed by atoms with Crippen LogP contribution in [0.2, 0.25) is 0 Å². The molecule has 8 nitrogen and oxygen atoms in total. The molecular weight excluding hydrogens is 627 g/mol. The third kappa shape index (κ3) is 14.6. The van der Waals surface area contributed by atoms with Crippen LogP contribution >= 0.6 is 62.5 Å². The molecule has 0 atom stereocenters. The smallest absolute Gasteiger partial charge is 0.291 e. The highest BCUT2D eigenvalue weighted by atomic mass is 32.2. The molecule has 2 rings (SSSR count). The Balaban J connectivity index is 2.14. The van der Waals surface area contributed by atoms with Crippen LogP contribution < -0.4 is 0 Å². The monoisotopic (exact) mass is 664 g/mol. The molecule has 0 unspecified atom stereocenters. The van der Waals surface area contributed by atoms with E-state index in [2.05, 4.69) is 9.53 Å². The van der Waals surface area contributed by atoms with Gasteiger partial charge in [0.2, 0.25) is 0 Å². The summed E-state index contributed by atoms with van der Waals surface area (Å²) in [5.41, 5.74) is 2.26. The molecule has 0 amide bonds. The van der Waals surface area contributed by atoms with Gasteiger partial charge in [-0.25, -0.2) is 9.13 Å². The number of benzene rings is 2. The zero-order valence-electron chi connectivity index (χ0n) is 23.3. The van der Waals surface area contributed by atoms with Gasteiger partial charge in [0.15, 0.2) is 0 Å². The molecule has 0 aromatic heterocycles. The Morgan fingerprint density at radius 1 is 0.575 bits per heavy atom. The minimum absolute atomic E-state index is 0.232. The largest absolute Gasteiger partial charge is 0.455 e. The van der Waals surface area contributed by atoms with Gasteiger partial charge in [-0.3, -0.25) is 18.1 Å². The topological polar surface area (TPSA) is 95.8 Å². The molecule has 0 fully saturated rings. The van der Waals surface area contributed by atoms with Crippen molar-refractivity contribution in [2.45, 2.75) is 39.2 Å². The van der Waals surface area contributed by atoms with E-state index in [0.717, 1.165) is 11.1 Å². The van der Waals surface area contributed by atoms with E-state index < -0.39 is 15.5 Å². The zero-order valence-corrected chi connectivity index (χ0v) is 28.4.